The van der Waals surface area contributed by atoms with Crippen LogP contribution in [0.2, 0.25) is 0 Å². The van der Waals surface area contributed by atoms with Crippen molar-refractivity contribution in [2.75, 3.05) is 18.5 Å². The second kappa shape index (κ2) is 8.24. The fourth-order valence-corrected chi connectivity index (χ4v) is 3.25. The number of rotatable bonds is 5. The number of carbonyl (C=O) groups is 1. The van der Waals surface area contributed by atoms with Crippen molar-refractivity contribution in [2.24, 2.45) is 0 Å². The molecule has 1 amide bonds. The number of aromatic nitrogens is 2. The maximum Gasteiger partial charge on any atom is 0.272 e. The second-order valence-electron chi connectivity index (χ2n) is 6.48. The van der Waals surface area contributed by atoms with Crippen LogP contribution in [0, 0.1) is 0 Å². The van der Waals surface area contributed by atoms with E-state index in [0.29, 0.717) is 11.5 Å². The van der Waals surface area contributed by atoms with E-state index in [4.69, 9.17) is 4.74 Å². The van der Waals surface area contributed by atoms with Gasteiger partial charge in [0.1, 0.15) is 5.82 Å². The molecule has 1 aliphatic heterocycles. The van der Waals surface area contributed by atoms with Gasteiger partial charge in [0, 0.05) is 19.2 Å². The normalized spacial score (nSPS) is 22.5. The quantitative estimate of drug-likeness (QED) is 0.816. The van der Waals surface area contributed by atoms with Crippen LogP contribution in [0.15, 0.2) is 12.1 Å². The second-order valence-corrected chi connectivity index (χ2v) is 6.48. The predicted molar refractivity (Wildman–Crippen MR) is 88.5 cm³/mol. The zero-order valence-electron chi connectivity index (χ0n) is 13.6. The van der Waals surface area contributed by atoms with Gasteiger partial charge in [-0.15, -0.1) is 10.2 Å². The maximum atomic E-state index is 12.2. The summed E-state index contributed by atoms with van der Waals surface area (Å²) in [4.78, 5) is 12.2. The Hall–Kier alpha value is -1.69. The minimum absolute atomic E-state index is 0.116. The lowest BCUT2D eigenvalue weighted by molar-refractivity contribution is 0.0927. The van der Waals surface area contributed by atoms with E-state index in [2.05, 4.69) is 20.8 Å². The zero-order valence-corrected chi connectivity index (χ0v) is 13.6. The number of nitrogens with one attached hydrogen (secondary N) is 2. The molecule has 1 aromatic heterocycles. The first kappa shape index (κ1) is 16.2. The van der Waals surface area contributed by atoms with Crippen LogP contribution in [0.3, 0.4) is 0 Å². The van der Waals surface area contributed by atoms with E-state index >= 15 is 0 Å². The molecule has 1 saturated heterocycles. The Balaban J connectivity index is 1.48. The number of anilines is 1. The molecule has 0 radical (unpaired) electrons. The SMILES string of the molecule is O=C(NC1CCCCCC1)c1ccc(NCC2CCCO2)nn1. The molecular formula is C17H26N4O2. The van der Waals surface area contributed by atoms with E-state index in [-0.39, 0.29) is 18.1 Å². The number of nitrogens with zero attached hydrogens (tertiary/aromatic N) is 2. The van der Waals surface area contributed by atoms with Crippen LogP contribution in [0.5, 0.6) is 0 Å². The Kier molecular flexibility index (Phi) is 5.80. The lowest BCUT2D eigenvalue weighted by Gasteiger charge is -2.15. The molecule has 0 spiro atoms. The highest BCUT2D eigenvalue weighted by Crippen LogP contribution is 2.17. The minimum atomic E-state index is -0.116. The fraction of sp³-hybridized carbons (Fsp3) is 0.706. The van der Waals surface area contributed by atoms with Crippen LogP contribution in [0.1, 0.15) is 61.9 Å². The molecule has 6 heteroatoms. The Morgan fingerprint density at radius 1 is 1.09 bits per heavy atom. The monoisotopic (exact) mass is 318 g/mol. The van der Waals surface area contributed by atoms with E-state index in [1.807, 2.05) is 6.07 Å². The summed E-state index contributed by atoms with van der Waals surface area (Å²) in [5.74, 6) is 0.571. The molecule has 2 N–H and O–H groups in total. The molecule has 2 fully saturated rings. The van der Waals surface area contributed by atoms with Crippen LogP contribution in [0.4, 0.5) is 5.82 Å². The third kappa shape index (κ3) is 4.89. The number of carbonyl (C=O) groups excluding carboxylic acids is 1. The molecule has 2 heterocycles. The number of ether oxygens (including phenoxy) is 1. The Morgan fingerprint density at radius 2 is 1.91 bits per heavy atom. The highest BCUT2D eigenvalue weighted by atomic mass is 16.5. The van der Waals surface area contributed by atoms with Crippen LogP contribution in [-0.2, 0) is 4.74 Å². The molecule has 23 heavy (non-hydrogen) atoms. The molecule has 2 aliphatic rings. The molecule has 1 atom stereocenters. The summed E-state index contributed by atoms with van der Waals surface area (Å²) >= 11 is 0. The smallest absolute Gasteiger partial charge is 0.272 e. The highest BCUT2D eigenvalue weighted by Gasteiger charge is 2.17. The lowest BCUT2D eigenvalue weighted by atomic mass is 10.1. The summed E-state index contributed by atoms with van der Waals surface area (Å²) < 4.78 is 5.56. The average Bonchev–Trinajstić information content (AvgIpc) is 2.97. The topological polar surface area (TPSA) is 76.1 Å². The van der Waals surface area contributed by atoms with Gasteiger partial charge in [0.15, 0.2) is 5.69 Å². The number of hydrogen-bond acceptors (Lipinski definition) is 5. The van der Waals surface area contributed by atoms with Crippen molar-refractivity contribution >= 4 is 11.7 Å². The van der Waals surface area contributed by atoms with Gasteiger partial charge < -0.3 is 15.4 Å². The largest absolute Gasteiger partial charge is 0.376 e. The molecule has 1 aromatic rings. The van der Waals surface area contributed by atoms with Gasteiger partial charge in [-0.25, -0.2) is 0 Å². The standard InChI is InChI=1S/C17H26N4O2/c22-17(19-13-6-3-1-2-4-7-13)15-9-10-16(21-20-15)18-12-14-8-5-11-23-14/h9-10,13-14H,1-8,11-12H2,(H,18,21)(H,19,22). The van der Waals surface area contributed by atoms with E-state index in [9.17, 15) is 4.79 Å². The van der Waals surface area contributed by atoms with Crippen molar-refractivity contribution in [3.05, 3.63) is 17.8 Å². The van der Waals surface area contributed by atoms with Crippen molar-refractivity contribution in [3.8, 4) is 0 Å². The van der Waals surface area contributed by atoms with Gasteiger partial charge in [-0.3, -0.25) is 4.79 Å². The first-order valence-corrected chi connectivity index (χ1v) is 8.81. The molecule has 1 saturated carbocycles. The predicted octanol–water partition coefficient (Wildman–Crippen LogP) is 2.52. The van der Waals surface area contributed by atoms with Gasteiger partial charge in [-0.2, -0.15) is 0 Å². The van der Waals surface area contributed by atoms with Crippen molar-refractivity contribution in [2.45, 2.75) is 63.5 Å². The van der Waals surface area contributed by atoms with Gasteiger partial charge in [-0.05, 0) is 37.8 Å². The van der Waals surface area contributed by atoms with Crippen molar-refractivity contribution in [1.29, 1.82) is 0 Å². The first-order chi connectivity index (χ1) is 11.3. The number of hydrogen-bond donors (Lipinski definition) is 2. The van der Waals surface area contributed by atoms with Gasteiger partial charge in [0.05, 0.1) is 6.10 Å². The molecule has 1 unspecified atom stereocenters. The lowest BCUT2D eigenvalue weighted by Crippen LogP contribution is -2.35. The molecule has 126 valence electrons. The highest BCUT2D eigenvalue weighted by molar-refractivity contribution is 5.92. The summed E-state index contributed by atoms with van der Waals surface area (Å²) in [7, 11) is 0. The van der Waals surface area contributed by atoms with Gasteiger partial charge >= 0.3 is 0 Å². The Morgan fingerprint density at radius 3 is 2.57 bits per heavy atom. The van der Waals surface area contributed by atoms with Crippen LogP contribution >= 0.6 is 0 Å². The van der Waals surface area contributed by atoms with Crippen molar-refractivity contribution in [1.82, 2.24) is 15.5 Å². The molecule has 1 aliphatic carbocycles. The molecular weight excluding hydrogens is 292 g/mol. The van der Waals surface area contributed by atoms with E-state index < -0.39 is 0 Å². The molecule has 6 nitrogen and oxygen atoms in total. The maximum absolute atomic E-state index is 12.2. The summed E-state index contributed by atoms with van der Waals surface area (Å²) in [5.41, 5.74) is 0.386. The van der Waals surface area contributed by atoms with Crippen LogP contribution in [-0.4, -0.2) is 41.4 Å². The van der Waals surface area contributed by atoms with E-state index in [1.165, 1.54) is 25.7 Å². The number of amides is 1. The minimum Gasteiger partial charge on any atom is -0.376 e. The average molecular weight is 318 g/mol. The van der Waals surface area contributed by atoms with Gasteiger partial charge in [-0.1, -0.05) is 25.7 Å². The summed E-state index contributed by atoms with van der Waals surface area (Å²) in [6, 6.07) is 3.82. The van der Waals surface area contributed by atoms with Crippen molar-refractivity contribution < 1.29 is 9.53 Å². The van der Waals surface area contributed by atoms with E-state index in [1.54, 1.807) is 6.07 Å². The summed E-state index contributed by atoms with van der Waals surface area (Å²) in [6.07, 6.45) is 9.55. The van der Waals surface area contributed by atoms with E-state index in [0.717, 1.165) is 38.8 Å². The molecule has 3 rings (SSSR count). The van der Waals surface area contributed by atoms with Crippen LogP contribution < -0.4 is 10.6 Å². The summed E-state index contributed by atoms with van der Waals surface area (Å²) in [6.45, 7) is 1.58. The van der Waals surface area contributed by atoms with Gasteiger partial charge in [0.25, 0.3) is 5.91 Å². The third-order valence-electron chi connectivity index (χ3n) is 4.62. The van der Waals surface area contributed by atoms with Gasteiger partial charge in [0.2, 0.25) is 0 Å². The third-order valence-corrected chi connectivity index (χ3v) is 4.62. The van der Waals surface area contributed by atoms with Crippen molar-refractivity contribution in [3.63, 3.8) is 0 Å². The Bertz CT molecular complexity index is 492. The Labute approximate surface area is 137 Å². The fourth-order valence-electron chi connectivity index (χ4n) is 3.25. The molecule has 0 bridgehead atoms. The summed E-state index contributed by atoms with van der Waals surface area (Å²) in [5, 5.41) is 14.4. The molecule has 0 aromatic carbocycles. The first-order valence-electron chi connectivity index (χ1n) is 8.81. The van der Waals surface area contributed by atoms with Crippen LogP contribution in [0.25, 0.3) is 0 Å². The zero-order chi connectivity index (χ0) is 15.9.